The first-order valence-corrected chi connectivity index (χ1v) is 10.3. The molecular formula is C23H29NO4. The average molecular weight is 383 g/mol. The molecule has 0 bridgehead atoms. The van der Waals surface area contributed by atoms with Gasteiger partial charge in [0, 0.05) is 25.4 Å². The van der Waals surface area contributed by atoms with Crippen molar-refractivity contribution in [2.45, 2.75) is 44.4 Å². The highest BCUT2D eigenvalue weighted by Gasteiger charge is 2.16. The summed E-state index contributed by atoms with van der Waals surface area (Å²) < 4.78 is 22.8. The van der Waals surface area contributed by atoms with Gasteiger partial charge in [-0.25, -0.2) is 0 Å². The molecule has 0 amide bonds. The van der Waals surface area contributed by atoms with Gasteiger partial charge in [-0.1, -0.05) is 12.1 Å². The first-order valence-electron chi connectivity index (χ1n) is 10.3. The Balaban J connectivity index is 1.19. The molecule has 0 spiro atoms. The van der Waals surface area contributed by atoms with Crippen molar-refractivity contribution in [1.29, 1.82) is 0 Å². The molecule has 2 fully saturated rings. The quantitative estimate of drug-likeness (QED) is 0.695. The van der Waals surface area contributed by atoms with Crippen molar-refractivity contribution >= 4 is 5.69 Å². The fraction of sp³-hybridized carbons (Fsp3) is 0.478. The summed E-state index contributed by atoms with van der Waals surface area (Å²) in [5.41, 5.74) is 2.28. The lowest BCUT2D eigenvalue weighted by atomic mass is 10.2. The van der Waals surface area contributed by atoms with E-state index in [1.54, 1.807) is 0 Å². The van der Waals surface area contributed by atoms with Crippen LogP contribution in [0.4, 0.5) is 5.69 Å². The second-order valence-electron chi connectivity index (χ2n) is 7.41. The summed E-state index contributed by atoms with van der Waals surface area (Å²) in [6.45, 7) is 3.76. The van der Waals surface area contributed by atoms with Crippen LogP contribution in [0, 0.1) is 0 Å². The molecule has 2 heterocycles. The van der Waals surface area contributed by atoms with Gasteiger partial charge in [-0.05, 0) is 67.6 Å². The number of nitrogens with one attached hydrogen (secondary N) is 1. The van der Waals surface area contributed by atoms with Crippen LogP contribution in [0.1, 0.15) is 31.2 Å². The van der Waals surface area contributed by atoms with Crippen molar-refractivity contribution in [2.75, 3.05) is 31.7 Å². The Labute approximate surface area is 166 Å². The second kappa shape index (κ2) is 9.80. The minimum Gasteiger partial charge on any atom is -0.491 e. The van der Waals surface area contributed by atoms with Gasteiger partial charge in [0.25, 0.3) is 0 Å². The summed E-state index contributed by atoms with van der Waals surface area (Å²) in [4.78, 5) is 0. The zero-order valence-corrected chi connectivity index (χ0v) is 16.3. The summed E-state index contributed by atoms with van der Waals surface area (Å²) in [5.74, 6) is 1.78. The second-order valence-corrected chi connectivity index (χ2v) is 7.41. The summed E-state index contributed by atoms with van der Waals surface area (Å²) in [6, 6.07) is 16.3. The third-order valence-electron chi connectivity index (χ3n) is 5.19. The molecule has 0 saturated carbocycles. The van der Waals surface area contributed by atoms with Crippen LogP contribution >= 0.6 is 0 Å². The number of hydrogen-bond donors (Lipinski definition) is 1. The molecular weight excluding hydrogens is 354 g/mol. The molecule has 2 aromatic carbocycles. The van der Waals surface area contributed by atoms with Crippen LogP contribution in [-0.4, -0.2) is 38.6 Å². The third kappa shape index (κ3) is 5.63. The van der Waals surface area contributed by atoms with E-state index in [1.165, 1.54) is 5.56 Å². The summed E-state index contributed by atoms with van der Waals surface area (Å²) >= 11 is 0. The predicted molar refractivity (Wildman–Crippen MR) is 109 cm³/mol. The Kier molecular flexibility index (Phi) is 6.68. The Morgan fingerprint density at radius 1 is 0.750 bits per heavy atom. The molecule has 2 aliphatic rings. The maximum absolute atomic E-state index is 5.81. The molecule has 2 aliphatic heterocycles. The molecule has 5 heteroatoms. The number of ether oxygens (including phenoxy) is 4. The number of rotatable bonds is 9. The maximum atomic E-state index is 5.81. The normalized spacial score (nSPS) is 21.6. The van der Waals surface area contributed by atoms with Gasteiger partial charge in [0.1, 0.15) is 24.7 Å². The maximum Gasteiger partial charge on any atom is 0.119 e. The highest BCUT2D eigenvalue weighted by atomic mass is 16.5. The summed E-state index contributed by atoms with van der Waals surface area (Å²) in [5, 5.41) is 3.44. The SMILES string of the molecule is c1cc(OCC2CCCO2)ccc1CNc1ccc(OCC2CCCO2)cc1. The first-order chi connectivity index (χ1) is 13.8. The standard InChI is InChI=1S/C23H29NO4/c1-3-22(25-13-1)16-27-20-9-5-18(6-10-20)15-24-19-7-11-21(12-8-19)28-17-23-4-2-14-26-23/h5-12,22-24H,1-4,13-17H2. The van der Waals surface area contributed by atoms with Crippen LogP contribution in [0.3, 0.4) is 0 Å². The Bertz CT molecular complexity index is 641. The molecule has 2 saturated heterocycles. The third-order valence-corrected chi connectivity index (χ3v) is 5.19. The van der Waals surface area contributed by atoms with E-state index >= 15 is 0 Å². The molecule has 0 radical (unpaired) electrons. The van der Waals surface area contributed by atoms with Gasteiger partial charge in [-0.2, -0.15) is 0 Å². The molecule has 4 rings (SSSR count). The van der Waals surface area contributed by atoms with Gasteiger partial charge in [-0.3, -0.25) is 0 Å². The van der Waals surface area contributed by atoms with Crippen LogP contribution in [0.5, 0.6) is 11.5 Å². The zero-order chi connectivity index (χ0) is 19.0. The van der Waals surface area contributed by atoms with Gasteiger partial charge < -0.3 is 24.3 Å². The Morgan fingerprint density at radius 3 is 1.79 bits per heavy atom. The first kappa shape index (κ1) is 19.1. The van der Waals surface area contributed by atoms with Crippen LogP contribution in [0.15, 0.2) is 48.5 Å². The van der Waals surface area contributed by atoms with Gasteiger partial charge in [0.15, 0.2) is 0 Å². The van der Waals surface area contributed by atoms with E-state index in [0.29, 0.717) is 13.2 Å². The zero-order valence-electron chi connectivity index (χ0n) is 16.3. The molecule has 0 aromatic heterocycles. The molecule has 2 aromatic rings. The van der Waals surface area contributed by atoms with Gasteiger partial charge in [0.05, 0.1) is 12.2 Å². The van der Waals surface area contributed by atoms with Crippen molar-refractivity contribution in [3.63, 3.8) is 0 Å². The number of anilines is 1. The molecule has 150 valence electrons. The van der Waals surface area contributed by atoms with Crippen molar-refractivity contribution in [3.05, 3.63) is 54.1 Å². The minimum atomic E-state index is 0.246. The number of hydrogen-bond acceptors (Lipinski definition) is 5. The highest BCUT2D eigenvalue weighted by Crippen LogP contribution is 2.20. The van der Waals surface area contributed by atoms with Crippen molar-refractivity contribution < 1.29 is 18.9 Å². The Morgan fingerprint density at radius 2 is 1.29 bits per heavy atom. The molecule has 0 aliphatic carbocycles. The van der Waals surface area contributed by atoms with Crippen molar-refractivity contribution in [1.82, 2.24) is 0 Å². The number of benzene rings is 2. The molecule has 2 atom stereocenters. The van der Waals surface area contributed by atoms with E-state index in [0.717, 1.165) is 62.6 Å². The van der Waals surface area contributed by atoms with E-state index in [4.69, 9.17) is 18.9 Å². The van der Waals surface area contributed by atoms with Crippen molar-refractivity contribution in [3.8, 4) is 11.5 Å². The molecule has 5 nitrogen and oxygen atoms in total. The van der Waals surface area contributed by atoms with E-state index in [9.17, 15) is 0 Å². The molecule has 28 heavy (non-hydrogen) atoms. The fourth-order valence-corrected chi connectivity index (χ4v) is 3.51. The van der Waals surface area contributed by atoms with Gasteiger partial charge >= 0.3 is 0 Å². The monoisotopic (exact) mass is 383 g/mol. The molecule has 1 N–H and O–H groups in total. The van der Waals surface area contributed by atoms with E-state index in [-0.39, 0.29) is 12.2 Å². The van der Waals surface area contributed by atoms with E-state index in [1.807, 2.05) is 36.4 Å². The van der Waals surface area contributed by atoms with Crippen LogP contribution < -0.4 is 14.8 Å². The van der Waals surface area contributed by atoms with E-state index < -0.39 is 0 Å². The fourth-order valence-electron chi connectivity index (χ4n) is 3.51. The van der Waals surface area contributed by atoms with Gasteiger partial charge in [-0.15, -0.1) is 0 Å². The smallest absolute Gasteiger partial charge is 0.119 e. The lowest BCUT2D eigenvalue weighted by Crippen LogP contribution is -2.16. The predicted octanol–water partition coefficient (Wildman–Crippen LogP) is 4.41. The highest BCUT2D eigenvalue weighted by molar-refractivity contribution is 5.47. The topological polar surface area (TPSA) is 49.0 Å². The van der Waals surface area contributed by atoms with E-state index in [2.05, 4.69) is 17.4 Å². The minimum absolute atomic E-state index is 0.246. The van der Waals surface area contributed by atoms with Crippen LogP contribution in [0.2, 0.25) is 0 Å². The summed E-state index contributed by atoms with van der Waals surface area (Å²) in [7, 11) is 0. The lowest BCUT2D eigenvalue weighted by molar-refractivity contribution is 0.0679. The summed E-state index contributed by atoms with van der Waals surface area (Å²) in [6.07, 6.45) is 4.96. The lowest BCUT2D eigenvalue weighted by Gasteiger charge is -2.13. The Hall–Kier alpha value is -2.24. The van der Waals surface area contributed by atoms with Crippen LogP contribution in [0.25, 0.3) is 0 Å². The van der Waals surface area contributed by atoms with Crippen molar-refractivity contribution in [2.24, 2.45) is 0 Å². The average Bonchev–Trinajstić information content (AvgIpc) is 3.45. The largest absolute Gasteiger partial charge is 0.491 e. The molecule has 2 unspecified atom stereocenters. The van der Waals surface area contributed by atoms with Gasteiger partial charge in [0.2, 0.25) is 0 Å². The van der Waals surface area contributed by atoms with Crippen LogP contribution in [-0.2, 0) is 16.0 Å².